The molecule has 0 aliphatic heterocycles. The van der Waals surface area contributed by atoms with Crippen LogP contribution in [0, 0.1) is 0 Å². The molecule has 0 aromatic heterocycles. The van der Waals surface area contributed by atoms with Crippen molar-refractivity contribution in [2.24, 2.45) is 5.73 Å². The zero-order valence-electron chi connectivity index (χ0n) is 9.18. The molecule has 16 heavy (non-hydrogen) atoms. The van der Waals surface area contributed by atoms with Crippen LogP contribution in [0.5, 0.6) is 5.75 Å². The number of amides is 1. The third-order valence-corrected chi connectivity index (χ3v) is 2.77. The van der Waals surface area contributed by atoms with E-state index in [0.29, 0.717) is 5.56 Å². The first-order valence-electron chi connectivity index (χ1n) is 4.79. The van der Waals surface area contributed by atoms with Gasteiger partial charge >= 0.3 is 0 Å². The minimum absolute atomic E-state index is 0.126. The fourth-order valence-electron chi connectivity index (χ4n) is 1.17. The number of hydrogen-bond acceptors (Lipinski definition) is 3. The van der Waals surface area contributed by atoms with Gasteiger partial charge < -0.3 is 15.7 Å². The normalized spacial score (nSPS) is 11.9. The molecule has 0 spiro atoms. The molecule has 0 aliphatic rings. The molecule has 1 aromatic carbocycles. The van der Waals surface area contributed by atoms with E-state index in [0.717, 1.165) is 0 Å². The van der Waals surface area contributed by atoms with Crippen molar-refractivity contribution < 1.29 is 9.90 Å². The summed E-state index contributed by atoms with van der Waals surface area (Å²) < 4.78 is 0. The molecule has 1 aromatic rings. The molecule has 0 fully saturated rings. The molecule has 1 amide bonds. The number of carbonyl (C=O) groups is 1. The number of nitrogens with zero attached hydrogens (tertiary/aromatic N) is 1. The van der Waals surface area contributed by atoms with Crippen molar-refractivity contribution in [3.8, 4) is 5.75 Å². The number of nitrogens with two attached hydrogens (primary N) is 1. The Balaban J connectivity index is 2.86. The van der Waals surface area contributed by atoms with E-state index < -0.39 is 0 Å². The predicted molar refractivity (Wildman–Crippen MR) is 66.4 cm³/mol. The topological polar surface area (TPSA) is 66.6 Å². The lowest BCUT2D eigenvalue weighted by atomic mass is 10.1. The summed E-state index contributed by atoms with van der Waals surface area (Å²) in [6.45, 7) is 1.76. The van der Waals surface area contributed by atoms with E-state index in [1.807, 2.05) is 0 Å². The van der Waals surface area contributed by atoms with Crippen molar-refractivity contribution in [3.05, 3.63) is 29.8 Å². The number of carbonyl (C=O) groups excluding carboxylic acids is 1. The highest BCUT2D eigenvalue weighted by Crippen LogP contribution is 2.12. The van der Waals surface area contributed by atoms with E-state index >= 15 is 0 Å². The second-order valence-corrected chi connectivity index (χ2v) is 4.01. The number of hydrogen-bond donors (Lipinski definition) is 2. The maximum Gasteiger partial charge on any atom is 0.254 e. The summed E-state index contributed by atoms with van der Waals surface area (Å²) in [7, 11) is 1.64. The SMILES string of the molecule is CC(C(N)=S)N(C)C(=O)c1ccc(O)cc1. The predicted octanol–water partition coefficient (Wildman–Crippen LogP) is 1.14. The highest BCUT2D eigenvalue weighted by Gasteiger charge is 2.18. The van der Waals surface area contributed by atoms with Gasteiger partial charge in [0.15, 0.2) is 0 Å². The van der Waals surface area contributed by atoms with Gasteiger partial charge in [0, 0.05) is 12.6 Å². The Morgan fingerprint density at radius 3 is 2.38 bits per heavy atom. The lowest BCUT2D eigenvalue weighted by molar-refractivity contribution is 0.0779. The molecule has 1 unspecified atom stereocenters. The molecule has 86 valence electrons. The molecule has 0 aliphatic carbocycles. The summed E-state index contributed by atoms with van der Waals surface area (Å²) in [6.07, 6.45) is 0. The zero-order valence-corrected chi connectivity index (χ0v) is 9.99. The smallest absolute Gasteiger partial charge is 0.254 e. The van der Waals surface area contributed by atoms with Gasteiger partial charge in [-0.2, -0.15) is 0 Å². The molecular weight excluding hydrogens is 224 g/mol. The Labute approximate surface area is 99.7 Å². The summed E-state index contributed by atoms with van der Waals surface area (Å²) in [5.74, 6) is -0.0538. The number of phenolic OH excluding ortho intramolecular Hbond substituents is 1. The largest absolute Gasteiger partial charge is 0.508 e. The Morgan fingerprint density at radius 1 is 1.44 bits per heavy atom. The molecular formula is C11H14N2O2S. The van der Waals surface area contributed by atoms with Crippen molar-refractivity contribution in [1.82, 2.24) is 4.90 Å². The number of phenols is 1. The fraction of sp³-hybridized carbons (Fsp3) is 0.273. The molecule has 4 nitrogen and oxygen atoms in total. The summed E-state index contributed by atoms with van der Waals surface area (Å²) in [6, 6.07) is 5.75. The zero-order chi connectivity index (χ0) is 12.3. The molecule has 3 N–H and O–H groups in total. The van der Waals surface area contributed by atoms with Crippen molar-refractivity contribution in [3.63, 3.8) is 0 Å². The Morgan fingerprint density at radius 2 is 1.94 bits per heavy atom. The van der Waals surface area contributed by atoms with Gasteiger partial charge in [0.2, 0.25) is 0 Å². The summed E-state index contributed by atoms with van der Waals surface area (Å²) >= 11 is 4.83. The summed E-state index contributed by atoms with van der Waals surface area (Å²) in [5.41, 5.74) is 5.96. The minimum atomic E-state index is -0.295. The van der Waals surface area contributed by atoms with Crippen LogP contribution in [-0.2, 0) is 0 Å². The molecule has 0 heterocycles. The van der Waals surface area contributed by atoms with Crippen LogP contribution in [0.3, 0.4) is 0 Å². The second kappa shape index (κ2) is 4.94. The van der Waals surface area contributed by atoms with Crippen molar-refractivity contribution in [2.45, 2.75) is 13.0 Å². The van der Waals surface area contributed by atoms with E-state index in [-0.39, 0.29) is 22.7 Å². The van der Waals surface area contributed by atoms with Crippen molar-refractivity contribution >= 4 is 23.1 Å². The third-order valence-electron chi connectivity index (χ3n) is 2.43. The summed E-state index contributed by atoms with van der Waals surface area (Å²) in [4.78, 5) is 13.7. The van der Waals surface area contributed by atoms with Crippen molar-refractivity contribution in [1.29, 1.82) is 0 Å². The first kappa shape index (κ1) is 12.4. The lowest BCUT2D eigenvalue weighted by Gasteiger charge is -2.23. The van der Waals surface area contributed by atoms with Gasteiger partial charge in [-0.05, 0) is 31.2 Å². The van der Waals surface area contributed by atoms with Gasteiger partial charge in [-0.15, -0.1) is 0 Å². The van der Waals surface area contributed by atoms with Crippen LogP contribution < -0.4 is 5.73 Å². The van der Waals surface area contributed by atoms with Gasteiger partial charge in [-0.3, -0.25) is 4.79 Å². The highest BCUT2D eigenvalue weighted by atomic mass is 32.1. The Hall–Kier alpha value is -1.62. The highest BCUT2D eigenvalue weighted by molar-refractivity contribution is 7.80. The molecule has 0 bridgehead atoms. The lowest BCUT2D eigenvalue weighted by Crippen LogP contribution is -2.42. The standard InChI is InChI=1S/C11H14N2O2S/c1-7(10(12)16)13(2)11(15)8-3-5-9(14)6-4-8/h3-7,14H,1-2H3,(H2,12,16). The number of thiocarbonyl (C=S) groups is 1. The average molecular weight is 238 g/mol. The van der Waals surface area contributed by atoms with E-state index in [1.54, 1.807) is 26.1 Å². The maximum absolute atomic E-state index is 11.9. The van der Waals surface area contributed by atoms with Crippen LogP contribution in [0.25, 0.3) is 0 Å². The molecule has 0 saturated carbocycles. The van der Waals surface area contributed by atoms with Crippen LogP contribution in [0.2, 0.25) is 0 Å². The monoisotopic (exact) mass is 238 g/mol. The van der Waals surface area contributed by atoms with Gasteiger partial charge in [-0.25, -0.2) is 0 Å². The molecule has 5 heteroatoms. The van der Waals surface area contributed by atoms with E-state index in [9.17, 15) is 4.79 Å². The van der Waals surface area contributed by atoms with Crippen LogP contribution in [0.1, 0.15) is 17.3 Å². The van der Waals surface area contributed by atoms with Gasteiger partial charge in [0.05, 0.1) is 11.0 Å². The average Bonchev–Trinajstić information content (AvgIpc) is 2.27. The van der Waals surface area contributed by atoms with Crippen molar-refractivity contribution in [2.75, 3.05) is 7.05 Å². The molecule has 0 saturated heterocycles. The summed E-state index contributed by atoms with van der Waals surface area (Å²) in [5, 5.41) is 9.11. The van der Waals surface area contributed by atoms with Crippen LogP contribution in [0.4, 0.5) is 0 Å². The van der Waals surface area contributed by atoms with Gasteiger partial charge in [0.1, 0.15) is 5.75 Å². The minimum Gasteiger partial charge on any atom is -0.508 e. The van der Waals surface area contributed by atoms with Crippen LogP contribution in [-0.4, -0.2) is 34.0 Å². The Bertz CT molecular complexity index is 403. The number of aromatic hydroxyl groups is 1. The first-order valence-corrected chi connectivity index (χ1v) is 5.20. The van der Waals surface area contributed by atoms with E-state index in [4.69, 9.17) is 23.1 Å². The number of likely N-dealkylation sites (N-methyl/N-ethyl adjacent to an activating group) is 1. The molecule has 0 radical (unpaired) electrons. The van der Waals surface area contributed by atoms with E-state index in [2.05, 4.69) is 0 Å². The molecule has 1 rings (SSSR count). The molecule has 1 atom stereocenters. The van der Waals surface area contributed by atoms with Crippen LogP contribution >= 0.6 is 12.2 Å². The quantitative estimate of drug-likeness (QED) is 0.775. The number of rotatable bonds is 3. The van der Waals surface area contributed by atoms with Gasteiger partial charge in [-0.1, -0.05) is 12.2 Å². The van der Waals surface area contributed by atoms with Gasteiger partial charge in [0.25, 0.3) is 5.91 Å². The van der Waals surface area contributed by atoms with Crippen LogP contribution in [0.15, 0.2) is 24.3 Å². The third kappa shape index (κ3) is 2.70. The number of benzene rings is 1. The Kier molecular flexibility index (Phi) is 3.84. The van der Waals surface area contributed by atoms with E-state index in [1.165, 1.54) is 17.0 Å². The maximum atomic E-state index is 11.9. The second-order valence-electron chi connectivity index (χ2n) is 3.54. The first-order chi connectivity index (χ1) is 7.43. The fourth-order valence-corrected chi connectivity index (χ4v) is 1.33.